The average molecular weight is 413 g/mol. The summed E-state index contributed by atoms with van der Waals surface area (Å²) in [7, 11) is 0. The number of hydrogen-bond acceptors (Lipinski definition) is 5. The molecule has 4 rings (SSSR count). The Kier molecular flexibility index (Phi) is 3.78. The van der Waals surface area contributed by atoms with Crippen molar-refractivity contribution in [3.63, 3.8) is 0 Å². The second kappa shape index (κ2) is 6.00. The number of fused-ring (bicyclic) bond motifs is 2. The lowest BCUT2D eigenvalue weighted by molar-refractivity contribution is 0.295. The molecule has 2 aromatic carbocycles. The van der Waals surface area contributed by atoms with Crippen LogP contribution in [-0.4, -0.2) is 0 Å². The molecule has 0 fully saturated rings. The molecule has 1 aliphatic heterocycles. The molecule has 0 spiro atoms. The molecule has 1 aromatic heterocycles. The Morgan fingerprint density at radius 3 is 2.77 bits per heavy atom. The molecule has 0 radical (unpaired) electrons. The smallest absolute Gasteiger partial charge is 0.300 e. The molecule has 5 nitrogen and oxygen atoms in total. The average Bonchev–Trinajstić information content (AvgIpc) is 2.60. The van der Waals surface area contributed by atoms with E-state index in [0.717, 1.165) is 10.5 Å². The van der Waals surface area contributed by atoms with Crippen molar-refractivity contribution in [1.29, 1.82) is 5.26 Å². The molecule has 0 saturated heterocycles. The third kappa shape index (κ3) is 2.47. The first-order chi connectivity index (χ1) is 12.5. The van der Waals surface area contributed by atoms with E-state index >= 15 is 0 Å². The summed E-state index contributed by atoms with van der Waals surface area (Å²) in [6.07, 6.45) is 0. The molecule has 26 heavy (non-hydrogen) atoms. The van der Waals surface area contributed by atoms with Gasteiger partial charge in [-0.05, 0) is 29.8 Å². The summed E-state index contributed by atoms with van der Waals surface area (Å²) in [5, 5.41) is 9.77. The van der Waals surface area contributed by atoms with Gasteiger partial charge in [0.15, 0.2) is 0 Å². The fourth-order valence-corrected chi connectivity index (χ4v) is 3.48. The molecule has 0 saturated carbocycles. The Balaban J connectivity index is 2.08. The van der Waals surface area contributed by atoms with Crippen LogP contribution in [0.1, 0.15) is 17.0 Å². The van der Waals surface area contributed by atoms with Crippen molar-refractivity contribution in [1.82, 2.24) is 0 Å². The third-order valence-electron chi connectivity index (χ3n) is 4.20. The zero-order chi connectivity index (χ0) is 18.4. The summed E-state index contributed by atoms with van der Waals surface area (Å²) in [4.78, 5) is 13.1. The molecule has 3 aromatic rings. The molecule has 128 valence electrons. The molecule has 0 bridgehead atoms. The van der Waals surface area contributed by atoms with Gasteiger partial charge >= 0.3 is 0 Å². The van der Waals surface area contributed by atoms with E-state index in [9.17, 15) is 14.4 Å². The molecule has 0 amide bonds. The van der Waals surface area contributed by atoms with E-state index in [1.807, 2.05) is 12.1 Å². The Morgan fingerprint density at radius 1 is 1.23 bits per heavy atom. The fourth-order valence-electron chi connectivity index (χ4n) is 3.07. The predicted molar refractivity (Wildman–Crippen MR) is 95.9 cm³/mol. The molecule has 1 aliphatic rings. The standard InChI is InChI=1S/C19H10BrFN2O3/c20-10-3-1-2-9(6-10)15-13(8-22)18(23)26-19-16(15)17(24)12-5-4-11(21)7-14(12)25-19/h1-7,15H,23H2. The van der Waals surface area contributed by atoms with E-state index in [2.05, 4.69) is 15.9 Å². The van der Waals surface area contributed by atoms with Crippen LogP contribution in [-0.2, 0) is 0 Å². The van der Waals surface area contributed by atoms with Crippen LogP contribution in [0.3, 0.4) is 0 Å². The van der Waals surface area contributed by atoms with Gasteiger partial charge in [-0.25, -0.2) is 4.39 Å². The van der Waals surface area contributed by atoms with E-state index in [-0.39, 0.29) is 33.9 Å². The third-order valence-corrected chi connectivity index (χ3v) is 4.70. The lowest BCUT2D eigenvalue weighted by Gasteiger charge is -2.24. The van der Waals surface area contributed by atoms with Crippen LogP contribution in [0.15, 0.2) is 67.6 Å². The first kappa shape index (κ1) is 16.4. The van der Waals surface area contributed by atoms with Crippen molar-refractivity contribution in [2.45, 2.75) is 5.92 Å². The Morgan fingerprint density at radius 2 is 2.04 bits per heavy atom. The number of hydrogen-bond donors (Lipinski definition) is 1. The highest BCUT2D eigenvalue weighted by molar-refractivity contribution is 9.10. The molecule has 7 heteroatoms. The van der Waals surface area contributed by atoms with Crippen molar-refractivity contribution >= 4 is 26.9 Å². The van der Waals surface area contributed by atoms with Crippen molar-refractivity contribution in [3.05, 3.63) is 85.6 Å². The number of ether oxygens (including phenoxy) is 1. The zero-order valence-corrected chi connectivity index (χ0v) is 14.7. The quantitative estimate of drug-likeness (QED) is 0.654. The minimum atomic E-state index is -0.744. The summed E-state index contributed by atoms with van der Waals surface area (Å²) in [5.41, 5.74) is 6.49. The molecule has 1 atom stereocenters. The zero-order valence-electron chi connectivity index (χ0n) is 13.1. The van der Waals surface area contributed by atoms with Gasteiger partial charge < -0.3 is 14.9 Å². The molecular formula is C19H10BrFN2O3. The Hall–Kier alpha value is -3.11. The van der Waals surface area contributed by atoms with Crippen LogP contribution in [0.2, 0.25) is 0 Å². The van der Waals surface area contributed by atoms with Gasteiger partial charge in [0.25, 0.3) is 5.95 Å². The summed E-state index contributed by atoms with van der Waals surface area (Å²) in [5.74, 6) is -1.56. The summed E-state index contributed by atoms with van der Waals surface area (Å²) in [6, 6.07) is 12.8. The first-order valence-corrected chi connectivity index (χ1v) is 8.38. The number of benzene rings is 2. The molecule has 1 unspecified atom stereocenters. The second-order valence-corrected chi connectivity index (χ2v) is 6.67. The highest BCUT2D eigenvalue weighted by atomic mass is 79.9. The maximum atomic E-state index is 13.5. The summed E-state index contributed by atoms with van der Waals surface area (Å²) in [6.45, 7) is 0. The van der Waals surface area contributed by atoms with Crippen LogP contribution in [0, 0.1) is 17.1 Å². The topological polar surface area (TPSA) is 89.2 Å². The van der Waals surface area contributed by atoms with E-state index < -0.39 is 17.2 Å². The van der Waals surface area contributed by atoms with Crippen LogP contribution in [0.5, 0.6) is 5.95 Å². The normalized spacial score (nSPS) is 16.1. The second-order valence-electron chi connectivity index (χ2n) is 5.75. The maximum Gasteiger partial charge on any atom is 0.300 e. The van der Waals surface area contributed by atoms with Crippen molar-refractivity contribution in [2.75, 3.05) is 0 Å². The number of allylic oxidation sites excluding steroid dienone is 1. The Labute approximate surface area is 155 Å². The van der Waals surface area contributed by atoms with Crippen molar-refractivity contribution < 1.29 is 13.5 Å². The van der Waals surface area contributed by atoms with Crippen molar-refractivity contribution in [3.8, 4) is 12.0 Å². The highest BCUT2D eigenvalue weighted by Crippen LogP contribution is 2.41. The lowest BCUT2D eigenvalue weighted by atomic mass is 9.84. The highest BCUT2D eigenvalue weighted by Gasteiger charge is 2.35. The maximum absolute atomic E-state index is 13.5. The number of nitriles is 1. The first-order valence-electron chi connectivity index (χ1n) is 7.59. The van der Waals surface area contributed by atoms with Gasteiger partial charge in [0.05, 0.1) is 16.9 Å². The van der Waals surface area contributed by atoms with Gasteiger partial charge in [-0.2, -0.15) is 5.26 Å². The van der Waals surface area contributed by atoms with Crippen LogP contribution >= 0.6 is 15.9 Å². The van der Waals surface area contributed by atoms with Gasteiger partial charge in [-0.15, -0.1) is 0 Å². The van der Waals surface area contributed by atoms with Gasteiger partial charge in [-0.1, -0.05) is 28.1 Å². The van der Waals surface area contributed by atoms with Gasteiger partial charge in [-0.3, -0.25) is 4.79 Å². The predicted octanol–water partition coefficient (Wildman–Crippen LogP) is 3.91. The molecular weight excluding hydrogens is 403 g/mol. The minimum absolute atomic E-state index is 0.0509. The fraction of sp³-hybridized carbons (Fsp3) is 0.0526. The SMILES string of the molecule is N#CC1=C(N)Oc2oc3cc(F)ccc3c(=O)c2C1c1cccc(Br)c1. The van der Waals surface area contributed by atoms with Crippen LogP contribution in [0.4, 0.5) is 4.39 Å². The van der Waals surface area contributed by atoms with Crippen LogP contribution < -0.4 is 15.9 Å². The van der Waals surface area contributed by atoms with Gasteiger partial charge in [0.2, 0.25) is 11.3 Å². The van der Waals surface area contributed by atoms with E-state index in [4.69, 9.17) is 14.9 Å². The number of halogens is 2. The molecule has 2 heterocycles. The van der Waals surface area contributed by atoms with Gasteiger partial charge in [0, 0.05) is 10.5 Å². The van der Waals surface area contributed by atoms with Crippen molar-refractivity contribution in [2.24, 2.45) is 5.73 Å². The largest absolute Gasteiger partial charge is 0.425 e. The number of nitrogens with two attached hydrogens (primary N) is 1. The minimum Gasteiger partial charge on any atom is -0.425 e. The van der Waals surface area contributed by atoms with E-state index in [0.29, 0.717) is 5.56 Å². The van der Waals surface area contributed by atoms with Crippen LogP contribution in [0.25, 0.3) is 11.0 Å². The number of nitrogens with zero attached hydrogens (tertiary/aromatic N) is 1. The monoisotopic (exact) mass is 412 g/mol. The van der Waals surface area contributed by atoms with E-state index in [1.54, 1.807) is 18.2 Å². The molecule has 2 N–H and O–H groups in total. The van der Waals surface area contributed by atoms with Gasteiger partial charge in [0.1, 0.15) is 23.0 Å². The summed E-state index contributed by atoms with van der Waals surface area (Å²) < 4.78 is 25.3. The Bertz CT molecular complexity index is 1190. The van der Waals surface area contributed by atoms with E-state index in [1.165, 1.54) is 12.1 Å². The summed E-state index contributed by atoms with van der Waals surface area (Å²) >= 11 is 3.39. The molecule has 0 aliphatic carbocycles. The lowest BCUT2D eigenvalue weighted by Crippen LogP contribution is -2.26. The number of rotatable bonds is 1.